The van der Waals surface area contributed by atoms with Crippen LogP contribution < -0.4 is 0 Å². The van der Waals surface area contributed by atoms with E-state index in [1.54, 1.807) is 12.3 Å². The highest BCUT2D eigenvalue weighted by Crippen LogP contribution is 2.69. The molecule has 2 saturated carbocycles. The van der Waals surface area contributed by atoms with Crippen molar-refractivity contribution in [3.8, 4) is 0 Å². The van der Waals surface area contributed by atoms with E-state index in [1.165, 1.54) is 27.0 Å². The molecule has 1 N–H and O–H groups in total. The summed E-state index contributed by atoms with van der Waals surface area (Å²) in [5.74, 6) is -1.57. The first kappa shape index (κ1) is 25.7. The zero-order chi connectivity index (χ0) is 25.4. The monoisotopic (exact) mass is 492 g/mol. The summed E-state index contributed by atoms with van der Waals surface area (Å²) in [6.45, 7) is 6.72. The third-order valence-electron chi connectivity index (χ3n) is 8.73. The lowest BCUT2D eigenvalue weighted by Crippen LogP contribution is -2.68. The van der Waals surface area contributed by atoms with Crippen LogP contribution in [0.1, 0.15) is 71.5 Å². The molecule has 194 valence electrons. The summed E-state index contributed by atoms with van der Waals surface area (Å²) >= 11 is 0. The van der Waals surface area contributed by atoms with Crippen LogP contribution in [-0.2, 0) is 33.3 Å². The molecular formula is C26H36O9. The molecule has 35 heavy (non-hydrogen) atoms. The quantitative estimate of drug-likeness (QED) is 0.330. The Balaban J connectivity index is 1.83. The third-order valence-corrected chi connectivity index (χ3v) is 8.73. The molecule has 1 aliphatic heterocycles. The van der Waals surface area contributed by atoms with Crippen LogP contribution in [-0.4, -0.2) is 54.5 Å². The maximum atomic E-state index is 12.1. The van der Waals surface area contributed by atoms with E-state index in [0.29, 0.717) is 25.0 Å². The molecule has 7 atom stereocenters. The first-order valence-corrected chi connectivity index (χ1v) is 12.3. The highest BCUT2D eigenvalue weighted by atomic mass is 16.6. The van der Waals surface area contributed by atoms with Gasteiger partial charge in [0, 0.05) is 31.7 Å². The number of furan rings is 1. The van der Waals surface area contributed by atoms with E-state index < -0.39 is 46.5 Å². The molecule has 3 fully saturated rings. The summed E-state index contributed by atoms with van der Waals surface area (Å²) in [7, 11) is 0. The molecule has 1 aromatic rings. The molecule has 0 aromatic carbocycles. The highest BCUT2D eigenvalue weighted by Gasteiger charge is 2.75. The molecule has 0 bridgehead atoms. The smallest absolute Gasteiger partial charge is 0.303 e. The van der Waals surface area contributed by atoms with Crippen LogP contribution in [0.2, 0.25) is 0 Å². The van der Waals surface area contributed by atoms with Crippen LogP contribution in [0.3, 0.4) is 0 Å². The van der Waals surface area contributed by atoms with Crippen molar-refractivity contribution < 1.29 is 42.9 Å². The van der Waals surface area contributed by atoms with E-state index in [4.69, 9.17) is 23.4 Å². The number of aliphatic hydroxyl groups excluding tert-OH is 1. The predicted octanol–water partition coefficient (Wildman–Crippen LogP) is 3.34. The molecule has 0 radical (unpaired) electrons. The molecular weight excluding hydrogens is 456 g/mol. The number of carbonyl (C=O) groups is 3. The molecule has 9 heteroatoms. The number of carbonyl (C=O) groups excluding carboxylic acids is 3. The largest absolute Gasteiger partial charge is 0.472 e. The van der Waals surface area contributed by atoms with E-state index in [2.05, 4.69) is 0 Å². The van der Waals surface area contributed by atoms with Crippen molar-refractivity contribution in [2.24, 2.45) is 22.7 Å². The van der Waals surface area contributed by atoms with Crippen LogP contribution in [0, 0.1) is 22.7 Å². The first-order valence-electron chi connectivity index (χ1n) is 12.3. The van der Waals surface area contributed by atoms with Crippen LogP contribution in [0.15, 0.2) is 23.0 Å². The second-order valence-corrected chi connectivity index (χ2v) is 10.6. The minimum absolute atomic E-state index is 0.0205. The zero-order valence-corrected chi connectivity index (χ0v) is 20.9. The summed E-state index contributed by atoms with van der Waals surface area (Å²) in [5, 5.41) is 11.6. The zero-order valence-electron chi connectivity index (χ0n) is 20.9. The van der Waals surface area contributed by atoms with Crippen molar-refractivity contribution in [1.29, 1.82) is 0 Å². The molecule has 3 aliphatic rings. The minimum atomic E-state index is -0.860. The van der Waals surface area contributed by atoms with Gasteiger partial charge in [-0.1, -0.05) is 13.3 Å². The summed E-state index contributed by atoms with van der Waals surface area (Å²) in [5.41, 5.74) is -1.43. The molecule has 0 amide bonds. The average molecular weight is 493 g/mol. The van der Waals surface area contributed by atoms with Crippen molar-refractivity contribution in [2.75, 3.05) is 19.8 Å². The Bertz CT molecular complexity index is 937. The van der Waals surface area contributed by atoms with Gasteiger partial charge in [-0.2, -0.15) is 0 Å². The predicted molar refractivity (Wildman–Crippen MR) is 122 cm³/mol. The molecule has 9 nitrogen and oxygen atoms in total. The van der Waals surface area contributed by atoms with Crippen LogP contribution in [0.5, 0.6) is 0 Å². The normalized spacial score (nSPS) is 36.7. The molecule has 2 heterocycles. The Morgan fingerprint density at radius 3 is 2.40 bits per heavy atom. The van der Waals surface area contributed by atoms with Crippen molar-refractivity contribution in [3.05, 3.63) is 24.2 Å². The van der Waals surface area contributed by atoms with Gasteiger partial charge in [0.25, 0.3) is 0 Å². The fourth-order valence-electron chi connectivity index (χ4n) is 7.02. The lowest BCUT2D eigenvalue weighted by Gasteiger charge is -2.63. The van der Waals surface area contributed by atoms with Gasteiger partial charge in [-0.05, 0) is 43.6 Å². The highest BCUT2D eigenvalue weighted by molar-refractivity contribution is 5.67. The average Bonchev–Trinajstić information content (AvgIpc) is 3.33. The Kier molecular flexibility index (Phi) is 7.03. The lowest BCUT2D eigenvalue weighted by atomic mass is 9.42. The SMILES string of the molecule is CC(=O)OCC1(CC(OC(C)=O)c2ccoc2)C(C)CC(O)C2(COC(C)=O)C1CCCC21CO1. The van der Waals surface area contributed by atoms with E-state index in [-0.39, 0.29) is 25.0 Å². The topological polar surface area (TPSA) is 125 Å². The van der Waals surface area contributed by atoms with Crippen molar-refractivity contribution >= 4 is 17.9 Å². The van der Waals surface area contributed by atoms with Gasteiger partial charge in [-0.25, -0.2) is 0 Å². The summed E-state index contributed by atoms with van der Waals surface area (Å²) in [6, 6.07) is 1.76. The van der Waals surface area contributed by atoms with Crippen molar-refractivity contribution in [2.45, 2.75) is 77.6 Å². The Hall–Kier alpha value is -2.39. The number of hydrogen-bond acceptors (Lipinski definition) is 9. The van der Waals surface area contributed by atoms with Crippen molar-refractivity contribution in [1.82, 2.24) is 0 Å². The van der Waals surface area contributed by atoms with Gasteiger partial charge in [0.2, 0.25) is 0 Å². The van der Waals surface area contributed by atoms with Gasteiger partial charge in [-0.3, -0.25) is 14.4 Å². The Morgan fingerprint density at radius 1 is 1.14 bits per heavy atom. The second-order valence-electron chi connectivity index (χ2n) is 10.6. The number of esters is 3. The number of rotatable bonds is 8. The molecule has 7 unspecified atom stereocenters. The maximum Gasteiger partial charge on any atom is 0.303 e. The number of ether oxygens (including phenoxy) is 4. The number of epoxide rings is 1. The van der Waals surface area contributed by atoms with E-state index in [1.807, 2.05) is 6.92 Å². The Labute approximate surface area is 205 Å². The fourth-order valence-corrected chi connectivity index (χ4v) is 7.02. The summed E-state index contributed by atoms with van der Waals surface area (Å²) in [4.78, 5) is 36.0. The maximum absolute atomic E-state index is 12.1. The molecule has 2 aliphatic carbocycles. The van der Waals surface area contributed by atoms with Gasteiger partial charge in [0.15, 0.2) is 0 Å². The standard InChI is InChI=1S/C26H36O9/c1-16-10-23(30)26(15-33-18(3)28)22(6-5-8-25(26)14-34-25)24(16,13-32-17(2)27)11-21(35-19(4)29)20-7-9-31-12-20/h7,9,12,16,21-23,30H,5-6,8,10-11,13-15H2,1-4H3. The lowest BCUT2D eigenvalue weighted by molar-refractivity contribution is -0.238. The van der Waals surface area contributed by atoms with Crippen molar-refractivity contribution in [3.63, 3.8) is 0 Å². The van der Waals surface area contributed by atoms with Gasteiger partial charge in [-0.15, -0.1) is 0 Å². The summed E-state index contributed by atoms with van der Waals surface area (Å²) in [6.07, 6.45) is 4.78. The van der Waals surface area contributed by atoms with E-state index >= 15 is 0 Å². The molecule has 4 rings (SSSR count). The van der Waals surface area contributed by atoms with Gasteiger partial charge in [0.1, 0.15) is 18.3 Å². The molecule has 1 saturated heterocycles. The third kappa shape index (κ3) is 4.48. The van der Waals surface area contributed by atoms with Gasteiger partial charge < -0.3 is 28.5 Å². The first-order chi connectivity index (χ1) is 16.6. The van der Waals surface area contributed by atoms with E-state index in [9.17, 15) is 19.5 Å². The number of hydrogen-bond donors (Lipinski definition) is 1. The number of aliphatic hydroxyl groups is 1. The van der Waals surface area contributed by atoms with Gasteiger partial charge >= 0.3 is 17.9 Å². The second kappa shape index (κ2) is 9.58. The van der Waals surface area contributed by atoms with Crippen LogP contribution >= 0.6 is 0 Å². The Morgan fingerprint density at radius 2 is 1.83 bits per heavy atom. The molecule has 1 spiro atoms. The summed E-state index contributed by atoms with van der Waals surface area (Å²) < 4.78 is 28.4. The fraction of sp³-hybridized carbons (Fsp3) is 0.731. The van der Waals surface area contributed by atoms with Crippen LogP contribution in [0.25, 0.3) is 0 Å². The van der Waals surface area contributed by atoms with E-state index in [0.717, 1.165) is 19.3 Å². The molecule has 1 aromatic heterocycles. The van der Waals surface area contributed by atoms with Crippen LogP contribution in [0.4, 0.5) is 0 Å². The minimum Gasteiger partial charge on any atom is -0.472 e. The number of fused-ring (bicyclic) bond motifs is 2. The van der Waals surface area contributed by atoms with Gasteiger partial charge in [0.05, 0.1) is 37.3 Å².